The van der Waals surface area contributed by atoms with Gasteiger partial charge in [0.1, 0.15) is 39.3 Å². The fourth-order valence-electron chi connectivity index (χ4n) is 3.31. The van der Waals surface area contributed by atoms with Crippen LogP contribution in [0.1, 0.15) is 16.7 Å². The molecule has 116 valence electrons. The van der Waals surface area contributed by atoms with Gasteiger partial charge in [0.2, 0.25) is 0 Å². The second-order valence-corrected chi connectivity index (χ2v) is 7.38. The van der Waals surface area contributed by atoms with Crippen molar-refractivity contribution in [3.63, 3.8) is 0 Å². The van der Waals surface area contributed by atoms with Gasteiger partial charge in [0.25, 0.3) is 0 Å². The molecule has 3 heteroatoms. The predicted molar refractivity (Wildman–Crippen MR) is 94.1 cm³/mol. The van der Waals surface area contributed by atoms with Crippen molar-refractivity contribution < 1.29 is 9.80 Å². The minimum Gasteiger partial charge on any atom is -0.322 e. The van der Waals surface area contributed by atoms with Crippen molar-refractivity contribution in [2.24, 2.45) is 0 Å². The number of hydrogen-bond donors (Lipinski definition) is 2. The molecular weight excluding hydrogens is 336 g/mol. The van der Waals surface area contributed by atoms with E-state index in [0.717, 1.165) is 6.54 Å². The number of nitrogens with one attached hydrogen (secondary N) is 2. The number of quaternary nitrogens is 2. The predicted octanol–water partition coefficient (Wildman–Crippen LogP) is 1.24. The van der Waals surface area contributed by atoms with E-state index < -0.39 is 0 Å². The van der Waals surface area contributed by atoms with Gasteiger partial charge in [-0.1, -0.05) is 57.9 Å². The van der Waals surface area contributed by atoms with Crippen LogP contribution in [0.25, 0.3) is 0 Å². The average molecular weight is 361 g/mol. The van der Waals surface area contributed by atoms with E-state index in [0.29, 0.717) is 0 Å². The van der Waals surface area contributed by atoms with Crippen molar-refractivity contribution in [1.29, 1.82) is 0 Å². The third kappa shape index (κ3) is 4.42. The molecule has 1 saturated heterocycles. The molecule has 1 fully saturated rings. The Labute approximate surface area is 141 Å². The van der Waals surface area contributed by atoms with E-state index in [4.69, 9.17) is 0 Å². The molecule has 2 aromatic rings. The molecule has 2 nitrogen and oxygen atoms in total. The van der Waals surface area contributed by atoms with Crippen LogP contribution in [0.3, 0.4) is 0 Å². The summed E-state index contributed by atoms with van der Waals surface area (Å²) in [6, 6.07) is 17.7. The SMILES string of the molecule is Cc1cccc(C[NH+]2CC[NH+](Cc3ccc(Br)cc3)CC2)c1. The molecule has 22 heavy (non-hydrogen) atoms. The Morgan fingerprint density at radius 2 is 1.41 bits per heavy atom. The van der Waals surface area contributed by atoms with Crippen LogP contribution in [0, 0.1) is 6.92 Å². The van der Waals surface area contributed by atoms with Gasteiger partial charge in [-0.3, -0.25) is 0 Å². The summed E-state index contributed by atoms with van der Waals surface area (Å²) in [5, 5.41) is 0. The average Bonchev–Trinajstić information content (AvgIpc) is 2.52. The summed E-state index contributed by atoms with van der Waals surface area (Å²) in [6.45, 7) is 9.62. The second kappa shape index (κ2) is 7.40. The number of piperazine rings is 1. The zero-order chi connectivity index (χ0) is 15.4. The third-order valence-electron chi connectivity index (χ3n) is 4.57. The molecule has 0 atom stereocenters. The van der Waals surface area contributed by atoms with Crippen molar-refractivity contribution in [1.82, 2.24) is 0 Å². The molecule has 1 heterocycles. The number of hydrogen-bond acceptors (Lipinski definition) is 0. The lowest BCUT2D eigenvalue weighted by atomic mass is 10.1. The van der Waals surface area contributed by atoms with Gasteiger partial charge in [-0.15, -0.1) is 0 Å². The van der Waals surface area contributed by atoms with Gasteiger partial charge in [-0.05, 0) is 19.1 Å². The summed E-state index contributed by atoms with van der Waals surface area (Å²) in [5.74, 6) is 0. The van der Waals surface area contributed by atoms with Crippen molar-refractivity contribution in [3.05, 3.63) is 69.7 Å². The molecule has 1 aliphatic heterocycles. The third-order valence-corrected chi connectivity index (χ3v) is 5.10. The summed E-state index contributed by atoms with van der Waals surface area (Å²) < 4.78 is 1.17. The van der Waals surface area contributed by atoms with Crippen LogP contribution in [0.2, 0.25) is 0 Å². The van der Waals surface area contributed by atoms with Crippen LogP contribution in [-0.2, 0) is 13.1 Å². The van der Waals surface area contributed by atoms with Gasteiger partial charge in [0, 0.05) is 15.6 Å². The molecule has 0 spiro atoms. The van der Waals surface area contributed by atoms with Crippen LogP contribution < -0.4 is 9.80 Å². The van der Waals surface area contributed by atoms with E-state index in [1.807, 2.05) is 0 Å². The topological polar surface area (TPSA) is 8.88 Å². The van der Waals surface area contributed by atoms with Gasteiger partial charge in [-0.2, -0.15) is 0 Å². The van der Waals surface area contributed by atoms with E-state index in [-0.39, 0.29) is 0 Å². The highest BCUT2D eigenvalue weighted by molar-refractivity contribution is 9.10. The van der Waals surface area contributed by atoms with Crippen LogP contribution in [-0.4, -0.2) is 26.2 Å². The van der Waals surface area contributed by atoms with Crippen LogP contribution in [0.15, 0.2) is 53.0 Å². The highest BCUT2D eigenvalue weighted by Gasteiger charge is 2.23. The lowest BCUT2D eigenvalue weighted by molar-refractivity contribution is -1.02. The first-order valence-corrected chi connectivity index (χ1v) is 8.95. The zero-order valence-electron chi connectivity index (χ0n) is 13.2. The lowest BCUT2D eigenvalue weighted by Gasteiger charge is -2.29. The van der Waals surface area contributed by atoms with Gasteiger partial charge in [-0.25, -0.2) is 0 Å². The van der Waals surface area contributed by atoms with Crippen molar-refractivity contribution in [2.75, 3.05) is 26.2 Å². The molecule has 0 bridgehead atoms. The molecule has 0 aromatic heterocycles. The van der Waals surface area contributed by atoms with E-state index in [1.165, 1.54) is 53.9 Å². The van der Waals surface area contributed by atoms with E-state index in [9.17, 15) is 0 Å². The Morgan fingerprint density at radius 3 is 2.00 bits per heavy atom. The first-order valence-electron chi connectivity index (χ1n) is 8.16. The summed E-state index contributed by atoms with van der Waals surface area (Å²) in [4.78, 5) is 3.44. The maximum atomic E-state index is 3.50. The largest absolute Gasteiger partial charge is 0.322 e. The summed E-state index contributed by atoms with van der Waals surface area (Å²) in [7, 11) is 0. The van der Waals surface area contributed by atoms with E-state index >= 15 is 0 Å². The Bertz CT molecular complexity index is 601. The highest BCUT2D eigenvalue weighted by Crippen LogP contribution is 2.09. The molecule has 0 aliphatic carbocycles. The minimum atomic E-state index is 1.16. The van der Waals surface area contributed by atoms with Crippen molar-refractivity contribution in [3.8, 4) is 0 Å². The molecule has 0 amide bonds. The van der Waals surface area contributed by atoms with Gasteiger partial charge < -0.3 is 9.80 Å². The standard InChI is InChI=1S/C19H23BrN2/c1-16-3-2-4-18(13-16)15-22-11-9-21(10-12-22)14-17-5-7-19(20)8-6-17/h2-8,13H,9-12,14-15H2,1H3/p+2. The van der Waals surface area contributed by atoms with Crippen LogP contribution in [0.5, 0.6) is 0 Å². The Balaban J connectivity index is 1.49. The smallest absolute Gasteiger partial charge is 0.127 e. The Morgan fingerprint density at radius 1 is 0.818 bits per heavy atom. The molecule has 1 aliphatic rings. The molecule has 0 radical (unpaired) electrons. The number of halogens is 1. The number of aryl methyl sites for hydroxylation is 1. The van der Waals surface area contributed by atoms with Crippen molar-refractivity contribution in [2.45, 2.75) is 20.0 Å². The molecule has 3 rings (SSSR count). The van der Waals surface area contributed by atoms with E-state index in [1.54, 1.807) is 9.80 Å². The molecule has 2 N–H and O–H groups in total. The number of benzene rings is 2. The first kappa shape index (κ1) is 15.7. The molecule has 2 aromatic carbocycles. The first-order chi connectivity index (χ1) is 10.7. The van der Waals surface area contributed by atoms with Gasteiger partial charge in [0.05, 0.1) is 0 Å². The summed E-state index contributed by atoms with van der Waals surface area (Å²) in [5.41, 5.74) is 4.29. The summed E-state index contributed by atoms with van der Waals surface area (Å²) in [6.07, 6.45) is 0. The van der Waals surface area contributed by atoms with Crippen LogP contribution >= 0.6 is 15.9 Å². The quantitative estimate of drug-likeness (QED) is 0.811. The Kier molecular flexibility index (Phi) is 5.29. The van der Waals surface area contributed by atoms with Crippen LogP contribution in [0.4, 0.5) is 0 Å². The van der Waals surface area contributed by atoms with Crippen molar-refractivity contribution >= 4 is 15.9 Å². The van der Waals surface area contributed by atoms with Gasteiger partial charge >= 0.3 is 0 Å². The Hall–Kier alpha value is -1.16. The summed E-state index contributed by atoms with van der Waals surface area (Å²) >= 11 is 3.50. The van der Waals surface area contributed by atoms with E-state index in [2.05, 4.69) is 71.4 Å². The zero-order valence-corrected chi connectivity index (χ0v) is 14.8. The second-order valence-electron chi connectivity index (χ2n) is 6.47. The fraction of sp³-hybridized carbons (Fsp3) is 0.368. The molecular formula is C19H25BrN2+2. The van der Waals surface area contributed by atoms with Gasteiger partial charge in [0.15, 0.2) is 0 Å². The highest BCUT2D eigenvalue weighted by atomic mass is 79.9. The fourth-order valence-corrected chi connectivity index (χ4v) is 3.58. The maximum absolute atomic E-state index is 3.50. The monoisotopic (exact) mass is 360 g/mol. The molecule has 0 saturated carbocycles. The lowest BCUT2D eigenvalue weighted by Crippen LogP contribution is -3.27. The maximum Gasteiger partial charge on any atom is 0.127 e. The molecule has 0 unspecified atom stereocenters. The normalized spacial score (nSPS) is 21.7. The minimum absolute atomic E-state index is 1.16. The number of rotatable bonds is 4.